The lowest BCUT2D eigenvalue weighted by Gasteiger charge is -2.13. The van der Waals surface area contributed by atoms with Crippen LogP contribution in [0, 0.1) is 31.1 Å². The Morgan fingerprint density at radius 3 is 2.80 bits per heavy atom. The summed E-state index contributed by atoms with van der Waals surface area (Å²) in [6, 6.07) is 4.04. The normalized spacial score (nSPS) is 11.7. The van der Waals surface area contributed by atoms with Crippen molar-refractivity contribution in [2.24, 2.45) is 5.92 Å². The van der Waals surface area contributed by atoms with E-state index in [2.05, 4.69) is 16.4 Å². The van der Waals surface area contributed by atoms with E-state index < -0.39 is 5.97 Å². The lowest BCUT2D eigenvalue weighted by Crippen LogP contribution is -2.10. The number of pyridine rings is 1. The van der Waals surface area contributed by atoms with Gasteiger partial charge in [-0.05, 0) is 38.7 Å². The monoisotopic (exact) mass is 275 g/mol. The maximum absolute atomic E-state index is 10.5. The van der Waals surface area contributed by atoms with Gasteiger partial charge in [-0.3, -0.25) is 9.78 Å². The minimum atomic E-state index is -0.753. The molecule has 1 aromatic rings. The van der Waals surface area contributed by atoms with E-state index in [4.69, 9.17) is 10.4 Å². The van der Waals surface area contributed by atoms with Crippen LogP contribution in [0.4, 0.5) is 5.69 Å². The molecule has 108 valence electrons. The van der Waals surface area contributed by atoms with Crippen LogP contribution in [0.1, 0.15) is 43.1 Å². The van der Waals surface area contributed by atoms with E-state index in [0.29, 0.717) is 17.9 Å². The van der Waals surface area contributed by atoms with Crippen molar-refractivity contribution in [2.45, 2.75) is 40.0 Å². The van der Waals surface area contributed by atoms with Crippen molar-refractivity contribution in [1.82, 2.24) is 4.98 Å². The first-order valence-corrected chi connectivity index (χ1v) is 6.78. The Labute approximate surface area is 119 Å². The molecule has 1 rings (SSSR count). The van der Waals surface area contributed by atoms with Gasteiger partial charge in [0.15, 0.2) is 0 Å². The van der Waals surface area contributed by atoms with Crippen molar-refractivity contribution in [3.8, 4) is 6.07 Å². The van der Waals surface area contributed by atoms with E-state index in [0.717, 1.165) is 30.0 Å². The standard InChI is InChI=1S/C15H21N3O2/c1-10(4-5-15(19)20)6-7-17-14-8-11(2)18-12(3)13(14)9-16/h8,10H,4-7H2,1-3H3,(H,17,18)(H,19,20). The Bertz CT molecular complexity index is 521. The highest BCUT2D eigenvalue weighted by Gasteiger charge is 2.09. The summed E-state index contributed by atoms with van der Waals surface area (Å²) < 4.78 is 0. The average molecular weight is 275 g/mol. The molecule has 5 heteroatoms. The van der Waals surface area contributed by atoms with E-state index in [1.807, 2.05) is 26.8 Å². The number of aliphatic carboxylic acids is 1. The maximum Gasteiger partial charge on any atom is 0.303 e. The van der Waals surface area contributed by atoms with Crippen molar-refractivity contribution >= 4 is 11.7 Å². The van der Waals surface area contributed by atoms with Gasteiger partial charge in [0.05, 0.1) is 16.9 Å². The summed E-state index contributed by atoms with van der Waals surface area (Å²) in [5.74, 6) is -0.412. The molecule has 0 fully saturated rings. The molecule has 5 nitrogen and oxygen atoms in total. The molecule has 1 aromatic heterocycles. The predicted octanol–water partition coefficient (Wildman–Crippen LogP) is 2.87. The number of carboxylic acids is 1. The number of rotatable bonds is 7. The van der Waals surface area contributed by atoms with Crippen LogP contribution in [0.25, 0.3) is 0 Å². The largest absolute Gasteiger partial charge is 0.481 e. The SMILES string of the molecule is Cc1cc(NCCC(C)CCC(=O)O)c(C#N)c(C)n1. The molecule has 0 aliphatic carbocycles. The van der Waals surface area contributed by atoms with Gasteiger partial charge < -0.3 is 10.4 Å². The number of hydrogen-bond donors (Lipinski definition) is 2. The first kappa shape index (κ1) is 16.0. The third-order valence-corrected chi connectivity index (χ3v) is 3.24. The zero-order chi connectivity index (χ0) is 15.1. The molecule has 0 saturated carbocycles. The quantitative estimate of drug-likeness (QED) is 0.799. The van der Waals surface area contributed by atoms with E-state index in [9.17, 15) is 4.79 Å². The highest BCUT2D eigenvalue weighted by atomic mass is 16.4. The molecule has 0 aliphatic heterocycles. The minimum Gasteiger partial charge on any atom is -0.481 e. The van der Waals surface area contributed by atoms with Crippen LogP contribution in [0.15, 0.2) is 6.07 Å². The van der Waals surface area contributed by atoms with Crippen molar-refractivity contribution < 1.29 is 9.90 Å². The summed E-state index contributed by atoms with van der Waals surface area (Å²) in [6.45, 7) is 6.48. The predicted molar refractivity (Wildman–Crippen MR) is 77.6 cm³/mol. The molecule has 0 bridgehead atoms. The lowest BCUT2D eigenvalue weighted by atomic mass is 10.0. The first-order valence-electron chi connectivity index (χ1n) is 6.78. The Balaban J connectivity index is 2.54. The highest BCUT2D eigenvalue weighted by molar-refractivity contribution is 5.66. The van der Waals surface area contributed by atoms with Crippen LogP contribution in [-0.2, 0) is 4.79 Å². The Hall–Kier alpha value is -2.09. The van der Waals surface area contributed by atoms with E-state index in [-0.39, 0.29) is 6.42 Å². The number of carbonyl (C=O) groups is 1. The number of nitrogens with zero attached hydrogens (tertiary/aromatic N) is 2. The molecule has 0 saturated heterocycles. The molecular weight excluding hydrogens is 254 g/mol. The molecule has 0 aliphatic rings. The molecule has 0 amide bonds. The van der Waals surface area contributed by atoms with Gasteiger partial charge in [-0.2, -0.15) is 5.26 Å². The highest BCUT2D eigenvalue weighted by Crippen LogP contribution is 2.19. The van der Waals surface area contributed by atoms with Crippen LogP contribution in [-0.4, -0.2) is 22.6 Å². The minimum absolute atomic E-state index is 0.206. The Morgan fingerprint density at radius 1 is 1.50 bits per heavy atom. The molecular formula is C15H21N3O2. The number of hydrogen-bond acceptors (Lipinski definition) is 4. The van der Waals surface area contributed by atoms with E-state index >= 15 is 0 Å². The van der Waals surface area contributed by atoms with Crippen molar-refractivity contribution in [2.75, 3.05) is 11.9 Å². The first-order chi connectivity index (χ1) is 9.43. The summed E-state index contributed by atoms with van der Waals surface area (Å²) >= 11 is 0. The van der Waals surface area contributed by atoms with E-state index in [1.165, 1.54) is 0 Å². The molecule has 0 aromatic carbocycles. The second-order valence-electron chi connectivity index (χ2n) is 5.14. The Morgan fingerprint density at radius 2 is 2.20 bits per heavy atom. The zero-order valence-corrected chi connectivity index (χ0v) is 12.2. The van der Waals surface area contributed by atoms with Gasteiger partial charge >= 0.3 is 5.97 Å². The molecule has 0 radical (unpaired) electrons. The Kier molecular flexibility index (Phi) is 5.98. The van der Waals surface area contributed by atoms with Gasteiger partial charge in [0, 0.05) is 18.7 Å². The number of nitriles is 1. The fourth-order valence-corrected chi connectivity index (χ4v) is 2.08. The van der Waals surface area contributed by atoms with Gasteiger partial charge in [-0.15, -0.1) is 0 Å². The van der Waals surface area contributed by atoms with Crippen molar-refractivity contribution in [3.05, 3.63) is 23.0 Å². The lowest BCUT2D eigenvalue weighted by molar-refractivity contribution is -0.137. The van der Waals surface area contributed by atoms with Crippen molar-refractivity contribution in [1.29, 1.82) is 5.26 Å². The third kappa shape index (κ3) is 4.88. The fourth-order valence-electron chi connectivity index (χ4n) is 2.08. The van der Waals surface area contributed by atoms with Crippen LogP contribution in [0.5, 0.6) is 0 Å². The molecule has 1 atom stereocenters. The second kappa shape index (κ2) is 7.49. The number of carboxylic acid groups (broad SMARTS) is 1. The third-order valence-electron chi connectivity index (χ3n) is 3.24. The van der Waals surface area contributed by atoms with Gasteiger partial charge in [0.25, 0.3) is 0 Å². The second-order valence-corrected chi connectivity index (χ2v) is 5.14. The smallest absolute Gasteiger partial charge is 0.303 e. The summed E-state index contributed by atoms with van der Waals surface area (Å²) in [4.78, 5) is 14.8. The molecule has 0 spiro atoms. The number of aryl methyl sites for hydroxylation is 2. The topological polar surface area (TPSA) is 86.0 Å². The maximum atomic E-state index is 10.5. The van der Waals surface area contributed by atoms with Gasteiger partial charge in [-0.25, -0.2) is 0 Å². The molecule has 1 heterocycles. The number of anilines is 1. The number of nitrogens with one attached hydrogen (secondary N) is 1. The molecule has 20 heavy (non-hydrogen) atoms. The summed E-state index contributed by atoms with van der Waals surface area (Å²) in [7, 11) is 0. The van der Waals surface area contributed by atoms with Crippen molar-refractivity contribution in [3.63, 3.8) is 0 Å². The van der Waals surface area contributed by atoms with Crippen LogP contribution < -0.4 is 5.32 Å². The zero-order valence-electron chi connectivity index (χ0n) is 12.2. The van der Waals surface area contributed by atoms with Gasteiger partial charge in [0.2, 0.25) is 0 Å². The van der Waals surface area contributed by atoms with Crippen LogP contribution in [0.2, 0.25) is 0 Å². The summed E-state index contributed by atoms with van der Waals surface area (Å²) in [5.41, 5.74) is 2.99. The average Bonchev–Trinajstić information content (AvgIpc) is 2.36. The number of aromatic nitrogens is 1. The summed E-state index contributed by atoms with van der Waals surface area (Å²) in [6.07, 6.45) is 1.76. The van der Waals surface area contributed by atoms with Crippen LogP contribution in [0.3, 0.4) is 0 Å². The molecule has 1 unspecified atom stereocenters. The fraction of sp³-hybridized carbons (Fsp3) is 0.533. The van der Waals surface area contributed by atoms with Gasteiger partial charge in [0.1, 0.15) is 6.07 Å². The van der Waals surface area contributed by atoms with Gasteiger partial charge in [-0.1, -0.05) is 6.92 Å². The molecule has 2 N–H and O–H groups in total. The van der Waals surface area contributed by atoms with E-state index in [1.54, 1.807) is 0 Å². The van der Waals surface area contributed by atoms with Crippen LogP contribution >= 0.6 is 0 Å². The summed E-state index contributed by atoms with van der Waals surface area (Å²) in [5, 5.41) is 21.0.